The van der Waals surface area contributed by atoms with E-state index in [-0.39, 0.29) is 5.97 Å². The van der Waals surface area contributed by atoms with E-state index in [0.717, 1.165) is 25.2 Å². The van der Waals surface area contributed by atoms with Gasteiger partial charge in [-0.25, -0.2) is 4.79 Å². The Morgan fingerprint density at radius 1 is 1.45 bits per heavy atom. The molecule has 0 N–H and O–H groups in total. The van der Waals surface area contributed by atoms with Crippen LogP contribution in [0.4, 0.5) is 0 Å². The molecule has 5 heteroatoms. The number of aromatic nitrogens is 2. The predicted molar refractivity (Wildman–Crippen MR) is 77.5 cm³/mol. The lowest BCUT2D eigenvalue weighted by Gasteiger charge is -2.35. The first-order valence-corrected chi connectivity index (χ1v) is 7.59. The zero-order valence-electron chi connectivity index (χ0n) is 12.8. The number of carbonyl (C=O) groups is 1. The normalized spacial score (nSPS) is 20.1. The van der Waals surface area contributed by atoms with E-state index in [4.69, 9.17) is 4.74 Å². The van der Waals surface area contributed by atoms with Gasteiger partial charge in [0.25, 0.3) is 0 Å². The van der Waals surface area contributed by atoms with Gasteiger partial charge in [0.05, 0.1) is 18.5 Å². The number of hydrogen-bond acceptors (Lipinski definition) is 4. The van der Waals surface area contributed by atoms with Gasteiger partial charge in [-0.1, -0.05) is 13.3 Å². The molecule has 0 amide bonds. The predicted octanol–water partition coefficient (Wildman–Crippen LogP) is 2.36. The van der Waals surface area contributed by atoms with Gasteiger partial charge in [-0.3, -0.25) is 9.58 Å². The highest BCUT2D eigenvalue weighted by Gasteiger charge is 2.25. The Hall–Kier alpha value is -1.36. The molecule has 0 unspecified atom stereocenters. The third-order valence-electron chi connectivity index (χ3n) is 4.13. The van der Waals surface area contributed by atoms with Crippen LogP contribution < -0.4 is 0 Å². The van der Waals surface area contributed by atoms with Crippen LogP contribution >= 0.6 is 0 Å². The second-order valence-electron chi connectivity index (χ2n) is 5.38. The highest BCUT2D eigenvalue weighted by Crippen LogP contribution is 2.23. The van der Waals surface area contributed by atoms with Gasteiger partial charge in [-0.2, -0.15) is 5.10 Å². The summed E-state index contributed by atoms with van der Waals surface area (Å²) in [6, 6.07) is 0.619. The van der Waals surface area contributed by atoms with E-state index in [2.05, 4.69) is 16.9 Å². The number of rotatable bonds is 5. The molecule has 1 aromatic rings. The molecule has 1 atom stereocenters. The Labute approximate surface area is 120 Å². The number of likely N-dealkylation sites (tertiary alicyclic amines) is 1. The molecule has 1 aliphatic heterocycles. The largest absolute Gasteiger partial charge is 0.462 e. The Kier molecular flexibility index (Phi) is 5.17. The molecular formula is C15H25N3O2. The van der Waals surface area contributed by atoms with E-state index >= 15 is 0 Å². The molecule has 20 heavy (non-hydrogen) atoms. The van der Waals surface area contributed by atoms with Crippen LogP contribution in [0.15, 0.2) is 6.20 Å². The van der Waals surface area contributed by atoms with Crippen LogP contribution in [-0.2, 0) is 18.3 Å². The minimum atomic E-state index is -0.263. The molecule has 0 saturated carbocycles. The van der Waals surface area contributed by atoms with Crippen molar-refractivity contribution in [3.8, 4) is 0 Å². The molecule has 0 bridgehead atoms. The van der Waals surface area contributed by atoms with Gasteiger partial charge in [0.15, 0.2) is 0 Å². The standard InChI is InChI=1S/C15H25N3O2/c1-4-12-8-6-7-9-18(12)11-14-13(10-16-17(14)3)15(19)20-5-2/h10,12H,4-9,11H2,1-3H3/t12-/m0/s1. The maximum absolute atomic E-state index is 12.0. The third kappa shape index (κ3) is 3.20. The molecular weight excluding hydrogens is 254 g/mol. The first kappa shape index (κ1) is 15.0. The van der Waals surface area contributed by atoms with Crippen LogP contribution in [0, 0.1) is 0 Å². The van der Waals surface area contributed by atoms with E-state index in [9.17, 15) is 4.79 Å². The first-order chi connectivity index (χ1) is 9.67. The van der Waals surface area contributed by atoms with Crippen molar-refractivity contribution < 1.29 is 9.53 Å². The van der Waals surface area contributed by atoms with Crippen molar-refractivity contribution >= 4 is 5.97 Å². The number of carbonyl (C=O) groups excluding carboxylic acids is 1. The Bertz CT molecular complexity index is 456. The molecule has 2 rings (SSSR count). The summed E-state index contributed by atoms with van der Waals surface area (Å²) in [4.78, 5) is 14.5. The summed E-state index contributed by atoms with van der Waals surface area (Å²) in [5.41, 5.74) is 1.57. The highest BCUT2D eigenvalue weighted by atomic mass is 16.5. The van der Waals surface area contributed by atoms with Crippen molar-refractivity contribution in [1.29, 1.82) is 0 Å². The summed E-state index contributed by atoms with van der Waals surface area (Å²) in [6.07, 6.45) is 6.59. The SMILES string of the molecule is CCOC(=O)c1cnn(C)c1CN1CCCC[C@@H]1CC. The lowest BCUT2D eigenvalue weighted by Crippen LogP contribution is -2.39. The van der Waals surface area contributed by atoms with E-state index in [1.54, 1.807) is 10.9 Å². The van der Waals surface area contributed by atoms with Crippen LogP contribution in [-0.4, -0.2) is 39.8 Å². The van der Waals surface area contributed by atoms with Crippen molar-refractivity contribution in [2.45, 2.75) is 52.1 Å². The second kappa shape index (κ2) is 6.88. The second-order valence-corrected chi connectivity index (χ2v) is 5.38. The van der Waals surface area contributed by atoms with Crippen LogP contribution in [0.25, 0.3) is 0 Å². The topological polar surface area (TPSA) is 47.4 Å². The minimum absolute atomic E-state index is 0.263. The maximum Gasteiger partial charge on any atom is 0.341 e. The Balaban J connectivity index is 2.15. The van der Waals surface area contributed by atoms with Gasteiger partial charge in [-0.05, 0) is 32.7 Å². The lowest BCUT2D eigenvalue weighted by atomic mass is 9.99. The zero-order chi connectivity index (χ0) is 14.5. The van der Waals surface area contributed by atoms with Crippen molar-refractivity contribution in [2.75, 3.05) is 13.2 Å². The van der Waals surface area contributed by atoms with E-state index < -0.39 is 0 Å². The number of hydrogen-bond donors (Lipinski definition) is 0. The van der Waals surface area contributed by atoms with Crippen molar-refractivity contribution in [3.05, 3.63) is 17.5 Å². The molecule has 1 aromatic heterocycles. The molecule has 112 valence electrons. The maximum atomic E-state index is 12.0. The van der Waals surface area contributed by atoms with Gasteiger partial charge in [-0.15, -0.1) is 0 Å². The first-order valence-electron chi connectivity index (χ1n) is 7.59. The van der Waals surface area contributed by atoms with Gasteiger partial charge < -0.3 is 4.74 Å². The quantitative estimate of drug-likeness (QED) is 0.776. The average Bonchev–Trinajstić information content (AvgIpc) is 2.81. The summed E-state index contributed by atoms with van der Waals surface area (Å²) in [5, 5.41) is 4.23. The molecule has 5 nitrogen and oxygen atoms in total. The molecule has 1 aliphatic rings. The fraction of sp³-hybridized carbons (Fsp3) is 0.733. The lowest BCUT2D eigenvalue weighted by molar-refractivity contribution is 0.0521. The minimum Gasteiger partial charge on any atom is -0.462 e. The summed E-state index contributed by atoms with van der Waals surface area (Å²) in [5.74, 6) is -0.263. The highest BCUT2D eigenvalue weighted by molar-refractivity contribution is 5.90. The number of nitrogens with zero attached hydrogens (tertiary/aromatic N) is 3. The summed E-state index contributed by atoms with van der Waals surface area (Å²) < 4.78 is 6.91. The molecule has 0 aliphatic carbocycles. The van der Waals surface area contributed by atoms with E-state index in [1.165, 1.54) is 19.3 Å². The summed E-state index contributed by atoms with van der Waals surface area (Å²) in [6.45, 7) is 6.34. The molecule has 0 aromatic carbocycles. The summed E-state index contributed by atoms with van der Waals surface area (Å²) >= 11 is 0. The van der Waals surface area contributed by atoms with Crippen LogP contribution in [0.3, 0.4) is 0 Å². The van der Waals surface area contributed by atoms with Crippen LogP contribution in [0.1, 0.15) is 55.6 Å². The van der Waals surface area contributed by atoms with Crippen molar-refractivity contribution in [1.82, 2.24) is 14.7 Å². The fourth-order valence-electron chi connectivity index (χ4n) is 2.95. The molecule has 1 saturated heterocycles. The third-order valence-corrected chi connectivity index (χ3v) is 4.13. The Morgan fingerprint density at radius 2 is 2.25 bits per heavy atom. The monoisotopic (exact) mass is 279 g/mol. The van der Waals surface area contributed by atoms with Crippen LogP contribution in [0.5, 0.6) is 0 Å². The zero-order valence-corrected chi connectivity index (χ0v) is 12.8. The summed E-state index contributed by atoms with van der Waals surface area (Å²) in [7, 11) is 1.89. The van der Waals surface area contributed by atoms with Gasteiger partial charge in [0.1, 0.15) is 5.56 Å². The van der Waals surface area contributed by atoms with Crippen molar-refractivity contribution in [2.24, 2.45) is 7.05 Å². The van der Waals surface area contributed by atoms with E-state index in [1.807, 2.05) is 14.0 Å². The smallest absolute Gasteiger partial charge is 0.341 e. The molecule has 2 heterocycles. The van der Waals surface area contributed by atoms with Crippen molar-refractivity contribution in [3.63, 3.8) is 0 Å². The van der Waals surface area contributed by atoms with Gasteiger partial charge >= 0.3 is 5.97 Å². The number of esters is 1. The number of piperidine rings is 1. The number of ether oxygens (including phenoxy) is 1. The van der Waals surface area contributed by atoms with Crippen LogP contribution in [0.2, 0.25) is 0 Å². The fourth-order valence-corrected chi connectivity index (χ4v) is 2.95. The average molecular weight is 279 g/mol. The molecule has 0 spiro atoms. The number of aryl methyl sites for hydroxylation is 1. The molecule has 0 radical (unpaired) electrons. The Morgan fingerprint density at radius 3 is 2.95 bits per heavy atom. The van der Waals surface area contributed by atoms with Gasteiger partial charge in [0.2, 0.25) is 0 Å². The molecule has 1 fully saturated rings. The van der Waals surface area contributed by atoms with Gasteiger partial charge in [0, 0.05) is 19.6 Å². The van der Waals surface area contributed by atoms with E-state index in [0.29, 0.717) is 18.2 Å².